The van der Waals surface area contributed by atoms with Crippen molar-refractivity contribution in [1.82, 2.24) is 15.0 Å². The largest absolute Gasteiger partial charge is 0.474 e. The summed E-state index contributed by atoms with van der Waals surface area (Å²) < 4.78 is 18.1. The van der Waals surface area contributed by atoms with Crippen molar-refractivity contribution in [3.05, 3.63) is 24.5 Å². The zero-order chi connectivity index (χ0) is 12.3. The Bertz CT molecular complexity index is 523. The third kappa shape index (κ3) is 2.63. The second-order valence-corrected chi connectivity index (χ2v) is 3.35. The number of nitrogens with zero attached hydrogens (tertiary/aromatic N) is 3. The second-order valence-electron chi connectivity index (χ2n) is 3.35. The zero-order valence-electron chi connectivity index (χ0n) is 8.75. The van der Waals surface area contributed by atoms with E-state index in [1.165, 1.54) is 12.5 Å². The number of hydrogen-bond acceptors (Lipinski definition) is 6. The van der Waals surface area contributed by atoms with E-state index < -0.39 is 18.7 Å². The molecule has 0 saturated carbocycles. The summed E-state index contributed by atoms with van der Waals surface area (Å²) in [4.78, 5) is 11.2. The Balaban J connectivity index is 2.30. The van der Waals surface area contributed by atoms with Crippen molar-refractivity contribution in [2.24, 2.45) is 0 Å². The molecular weight excluding hydrogens is 229 g/mol. The fourth-order valence-corrected chi connectivity index (χ4v) is 1.25. The van der Waals surface area contributed by atoms with Gasteiger partial charge in [-0.3, -0.25) is 0 Å². The third-order valence-electron chi connectivity index (χ3n) is 2.07. The maximum absolute atomic E-state index is 13.0. The highest BCUT2D eigenvalue weighted by Gasteiger charge is 2.09. The first-order valence-electron chi connectivity index (χ1n) is 4.88. The van der Waals surface area contributed by atoms with Crippen molar-refractivity contribution in [1.29, 1.82) is 0 Å². The molecule has 0 saturated heterocycles. The first kappa shape index (κ1) is 11.6. The lowest BCUT2D eigenvalue weighted by atomic mass is 10.3. The van der Waals surface area contributed by atoms with E-state index in [9.17, 15) is 4.39 Å². The zero-order valence-corrected chi connectivity index (χ0v) is 8.75. The average Bonchev–Trinajstić information content (AvgIpc) is 2.35. The van der Waals surface area contributed by atoms with Crippen LogP contribution in [-0.2, 0) is 0 Å². The molecule has 2 rings (SSSR count). The molecule has 0 aliphatic rings. The molecule has 2 N–H and O–H groups in total. The first-order chi connectivity index (χ1) is 8.20. The van der Waals surface area contributed by atoms with Gasteiger partial charge in [-0.05, 0) is 0 Å². The van der Waals surface area contributed by atoms with Gasteiger partial charge in [-0.1, -0.05) is 0 Å². The van der Waals surface area contributed by atoms with Crippen LogP contribution in [0, 0.1) is 5.95 Å². The molecule has 7 heteroatoms. The summed E-state index contributed by atoms with van der Waals surface area (Å²) in [7, 11) is 0. The molecule has 0 aliphatic heterocycles. The molecule has 0 radical (unpaired) electrons. The van der Waals surface area contributed by atoms with Gasteiger partial charge in [-0.25, -0.2) is 15.0 Å². The number of aromatic nitrogens is 3. The van der Waals surface area contributed by atoms with Gasteiger partial charge in [-0.15, -0.1) is 0 Å². The van der Waals surface area contributed by atoms with E-state index in [0.29, 0.717) is 10.9 Å². The summed E-state index contributed by atoms with van der Waals surface area (Å²) in [6.45, 7) is -0.550. The van der Waals surface area contributed by atoms with Gasteiger partial charge in [0.1, 0.15) is 19.0 Å². The molecule has 0 bridgehead atoms. The predicted molar refractivity (Wildman–Crippen MR) is 55.9 cm³/mol. The van der Waals surface area contributed by atoms with E-state index in [1.807, 2.05) is 0 Å². The lowest BCUT2D eigenvalue weighted by Gasteiger charge is -2.10. The number of fused-ring (bicyclic) bond motifs is 1. The lowest BCUT2D eigenvalue weighted by Crippen LogP contribution is -2.21. The Morgan fingerprint density at radius 1 is 1.35 bits per heavy atom. The number of rotatable bonds is 4. The topological polar surface area (TPSA) is 88.4 Å². The minimum absolute atomic E-state index is 0.132. The molecule has 1 unspecified atom stereocenters. The third-order valence-corrected chi connectivity index (χ3v) is 2.07. The number of halogens is 1. The van der Waals surface area contributed by atoms with E-state index in [2.05, 4.69) is 15.0 Å². The van der Waals surface area contributed by atoms with E-state index >= 15 is 0 Å². The van der Waals surface area contributed by atoms with E-state index in [-0.39, 0.29) is 12.5 Å². The Hall–Kier alpha value is -1.86. The highest BCUT2D eigenvalue weighted by molar-refractivity contribution is 5.82. The van der Waals surface area contributed by atoms with Crippen molar-refractivity contribution < 1.29 is 19.3 Å². The van der Waals surface area contributed by atoms with Gasteiger partial charge in [0.25, 0.3) is 0 Å². The van der Waals surface area contributed by atoms with Crippen LogP contribution in [0.25, 0.3) is 10.9 Å². The van der Waals surface area contributed by atoms with Crippen molar-refractivity contribution in [3.63, 3.8) is 0 Å². The van der Waals surface area contributed by atoms with Crippen molar-refractivity contribution >= 4 is 10.9 Å². The number of aliphatic hydroxyl groups excluding tert-OH is 2. The molecule has 6 nitrogen and oxygen atoms in total. The number of hydrogen-bond donors (Lipinski definition) is 2. The van der Waals surface area contributed by atoms with Gasteiger partial charge in [0, 0.05) is 6.07 Å². The Morgan fingerprint density at radius 2 is 2.18 bits per heavy atom. The van der Waals surface area contributed by atoms with Crippen LogP contribution in [0.1, 0.15) is 0 Å². The number of pyridine rings is 1. The maximum Gasteiger partial charge on any atom is 0.224 e. The van der Waals surface area contributed by atoms with Crippen LogP contribution in [0.2, 0.25) is 0 Å². The van der Waals surface area contributed by atoms with Gasteiger partial charge in [0.15, 0.2) is 0 Å². The molecule has 17 heavy (non-hydrogen) atoms. The molecule has 0 spiro atoms. The fourth-order valence-electron chi connectivity index (χ4n) is 1.25. The predicted octanol–water partition coefficient (Wildman–Crippen LogP) is -0.104. The maximum atomic E-state index is 13.0. The van der Waals surface area contributed by atoms with Crippen LogP contribution in [-0.4, -0.2) is 44.5 Å². The fraction of sp³-hybridized carbons (Fsp3) is 0.300. The summed E-state index contributed by atoms with van der Waals surface area (Å²) in [5, 5.41) is 18.1. The van der Waals surface area contributed by atoms with Gasteiger partial charge in [-0.2, -0.15) is 4.39 Å². The minimum Gasteiger partial charge on any atom is -0.474 e. The van der Waals surface area contributed by atoms with Crippen LogP contribution in [0.5, 0.6) is 5.88 Å². The first-order valence-corrected chi connectivity index (χ1v) is 4.88. The van der Waals surface area contributed by atoms with Crippen LogP contribution in [0.15, 0.2) is 18.6 Å². The quantitative estimate of drug-likeness (QED) is 0.724. The second kappa shape index (κ2) is 4.98. The summed E-state index contributed by atoms with van der Waals surface area (Å²) >= 11 is 0. The summed E-state index contributed by atoms with van der Waals surface area (Å²) in [5.41, 5.74) is 0.440. The van der Waals surface area contributed by atoms with Crippen molar-refractivity contribution in [2.75, 3.05) is 13.2 Å². The summed E-state index contributed by atoms with van der Waals surface area (Å²) in [6, 6.07) is 1.15. The van der Waals surface area contributed by atoms with E-state index in [1.54, 1.807) is 0 Å². The Morgan fingerprint density at radius 3 is 2.94 bits per heavy atom. The van der Waals surface area contributed by atoms with Crippen molar-refractivity contribution in [2.45, 2.75) is 6.10 Å². The normalized spacial score (nSPS) is 12.6. The molecule has 90 valence electrons. The van der Waals surface area contributed by atoms with Gasteiger partial charge < -0.3 is 14.9 Å². The van der Waals surface area contributed by atoms with Crippen LogP contribution in [0.4, 0.5) is 4.39 Å². The summed E-state index contributed by atoms with van der Waals surface area (Å²) in [5.74, 6) is -0.524. The average molecular weight is 239 g/mol. The molecule has 0 aromatic carbocycles. The molecule has 1 atom stereocenters. The molecule has 0 amide bonds. The molecule has 0 fully saturated rings. The van der Waals surface area contributed by atoms with E-state index in [0.717, 1.165) is 6.07 Å². The highest BCUT2D eigenvalue weighted by Crippen LogP contribution is 2.20. The summed E-state index contributed by atoms with van der Waals surface area (Å²) in [6.07, 6.45) is 1.51. The molecule has 2 heterocycles. The lowest BCUT2D eigenvalue weighted by molar-refractivity contribution is 0.0526. The molecular formula is C10H10FN3O3. The Kier molecular flexibility index (Phi) is 3.40. The monoisotopic (exact) mass is 239 g/mol. The van der Waals surface area contributed by atoms with Crippen LogP contribution >= 0.6 is 0 Å². The molecule has 0 aliphatic carbocycles. The minimum atomic E-state index is -1.01. The van der Waals surface area contributed by atoms with Gasteiger partial charge in [0.2, 0.25) is 11.8 Å². The van der Waals surface area contributed by atoms with Gasteiger partial charge >= 0.3 is 0 Å². The number of aliphatic hydroxyl groups is 2. The van der Waals surface area contributed by atoms with Gasteiger partial charge in [0.05, 0.1) is 23.7 Å². The molecule has 2 aromatic rings. The highest BCUT2D eigenvalue weighted by atomic mass is 19.1. The van der Waals surface area contributed by atoms with E-state index in [4.69, 9.17) is 14.9 Å². The number of ether oxygens (including phenoxy) is 1. The molecule has 2 aromatic heterocycles. The standard InChI is InChI=1S/C10H10FN3O3/c11-9-1-7-8(2-12-9)13-5-14-10(7)17-4-6(16)3-15/h1-2,5-6,15-16H,3-4H2. The van der Waals surface area contributed by atoms with Crippen LogP contribution < -0.4 is 4.74 Å². The SMILES string of the molecule is OCC(O)COc1ncnc2cnc(F)cc12. The Labute approximate surface area is 95.7 Å². The van der Waals surface area contributed by atoms with Crippen LogP contribution in [0.3, 0.4) is 0 Å². The smallest absolute Gasteiger partial charge is 0.224 e. The van der Waals surface area contributed by atoms with Crippen molar-refractivity contribution in [3.8, 4) is 5.88 Å².